The average Bonchev–Trinajstić information content (AvgIpc) is 2.72. The second-order valence-electron chi connectivity index (χ2n) is 6.18. The Morgan fingerprint density at radius 3 is 2.78 bits per heavy atom. The molecule has 0 radical (unpaired) electrons. The molecule has 4 rings (SSSR count). The number of pyridine rings is 1. The molecule has 0 aliphatic carbocycles. The fourth-order valence-electron chi connectivity index (χ4n) is 3.08. The Bertz CT molecular complexity index is 987. The van der Waals surface area contributed by atoms with Gasteiger partial charge in [0.05, 0.1) is 23.4 Å². The highest BCUT2D eigenvalue weighted by atomic mass is 16.6. The normalized spacial score (nSPS) is 12.8. The van der Waals surface area contributed by atoms with Crippen LogP contribution < -0.4 is 14.8 Å². The Morgan fingerprint density at radius 2 is 1.93 bits per heavy atom. The molecule has 6 nitrogen and oxygen atoms in total. The maximum atomic E-state index is 12.7. The van der Waals surface area contributed by atoms with Gasteiger partial charge in [0.15, 0.2) is 11.5 Å². The molecule has 0 saturated carbocycles. The molecule has 0 saturated heterocycles. The monoisotopic (exact) mass is 364 g/mol. The molecule has 1 aromatic heterocycles. The predicted octanol–water partition coefficient (Wildman–Crippen LogP) is 3.05. The number of carbonyl (C=O) groups is 1. The first-order chi connectivity index (χ1) is 13.3. The van der Waals surface area contributed by atoms with Crippen LogP contribution >= 0.6 is 0 Å². The van der Waals surface area contributed by atoms with Crippen LogP contribution in [-0.2, 0) is 4.74 Å². The molecule has 2 aromatic carbocycles. The van der Waals surface area contributed by atoms with E-state index in [0.717, 1.165) is 22.2 Å². The third-order valence-electron chi connectivity index (χ3n) is 4.39. The first-order valence-electron chi connectivity index (χ1n) is 8.83. The minimum Gasteiger partial charge on any atom is -0.486 e. The van der Waals surface area contributed by atoms with E-state index in [-0.39, 0.29) is 5.91 Å². The number of rotatable bonds is 5. The van der Waals surface area contributed by atoms with Crippen molar-refractivity contribution in [3.05, 3.63) is 54.1 Å². The summed E-state index contributed by atoms with van der Waals surface area (Å²) in [6, 6.07) is 15.1. The van der Waals surface area contributed by atoms with E-state index in [9.17, 15) is 4.79 Å². The fourth-order valence-corrected chi connectivity index (χ4v) is 3.08. The van der Waals surface area contributed by atoms with Crippen LogP contribution in [0.15, 0.2) is 48.5 Å². The zero-order valence-electron chi connectivity index (χ0n) is 15.0. The Morgan fingerprint density at radius 1 is 1.11 bits per heavy atom. The van der Waals surface area contributed by atoms with Gasteiger partial charge in [-0.3, -0.25) is 4.79 Å². The van der Waals surface area contributed by atoms with E-state index in [2.05, 4.69) is 5.32 Å². The summed E-state index contributed by atoms with van der Waals surface area (Å²) in [6.45, 7) is 1.98. The van der Waals surface area contributed by atoms with Gasteiger partial charge < -0.3 is 19.5 Å². The molecule has 0 atom stereocenters. The molecule has 1 aliphatic rings. The van der Waals surface area contributed by atoms with Gasteiger partial charge in [-0.05, 0) is 30.3 Å². The third-order valence-corrected chi connectivity index (χ3v) is 4.39. The number of nitrogens with one attached hydrogen (secondary N) is 1. The number of nitrogens with zero attached hydrogens (tertiary/aromatic N) is 1. The summed E-state index contributed by atoms with van der Waals surface area (Å²) in [5, 5.41) is 3.70. The summed E-state index contributed by atoms with van der Waals surface area (Å²) in [7, 11) is 1.61. The summed E-state index contributed by atoms with van der Waals surface area (Å²) in [6.07, 6.45) is 0. The number of para-hydroxylation sites is 1. The molecule has 1 N–H and O–H groups in total. The molecule has 0 bridgehead atoms. The van der Waals surface area contributed by atoms with Crippen molar-refractivity contribution in [2.45, 2.75) is 0 Å². The van der Waals surface area contributed by atoms with Crippen LogP contribution in [0.3, 0.4) is 0 Å². The molecular formula is C21H20N2O4. The van der Waals surface area contributed by atoms with Gasteiger partial charge in [-0.2, -0.15) is 0 Å². The van der Waals surface area contributed by atoms with Crippen LogP contribution in [0, 0.1) is 0 Å². The lowest BCUT2D eigenvalue weighted by molar-refractivity contribution is 0.0938. The molecule has 0 unspecified atom stereocenters. The quantitative estimate of drug-likeness (QED) is 0.705. The van der Waals surface area contributed by atoms with Crippen LogP contribution in [0.25, 0.3) is 22.2 Å². The van der Waals surface area contributed by atoms with E-state index in [1.807, 2.05) is 48.5 Å². The lowest BCUT2D eigenvalue weighted by Gasteiger charge is -2.19. The molecular weight excluding hydrogens is 344 g/mol. The largest absolute Gasteiger partial charge is 0.486 e. The molecule has 0 spiro atoms. The molecule has 6 heteroatoms. The van der Waals surface area contributed by atoms with Crippen molar-refractivity contribution in [3.8, 4) is 22.8 Å². The van der Waals surface area contributed by atoms with E-state index in [4.69, 9.17) is 19.2 Å². The van der Waals surface area contributed by atoms with Crippen LogP contribution in [0.2, 0.25) is 0 Å². The standard InChI is InChI=1S/C21H20N2O4/c1-25-9-8-22-21(24)16-13-18(23-17-5-3-2-4-15(16)17)14-6-7-19-20(12-14)27-11-10-26-19/h2-7,12-13H,8-11H2,1H3,(H,22,24). The van der Waals surface area contributed by atoms with E-state index < -0.39 is 0 Å². The van der Waals surface area contributed by atoms with Gasteiger partial charge in [-0.15, -0.1) is 0 Å². The van der Waals surface area contributed by atoms with Crippen LogP contribution in [0.5, 0.6) is 11.5 Å². The zero-order chi connectivity index (χ0) is 18.6. The average molecular weight is 364 g/mol. The number of amides is 1. The number of aromatic nitrogens is 1. The lowest BCUT2D eigenvalue weighted by atomic mass is 10.0. The molecule has 27 heavy (non-hydrogen) atoms. The van der Waals surface area contributed by atoms with E-state index in [0.29, 0.717) is 43.4 Å². The number of ether oxygens (including phenoxy) is 3. The van der Waals surface area contributed by atoms with Gasteiger partial charge in [0.1, 0.15) is 13.2 Å². The van der Waals surface area contributed by atoms with Gasteiger partial charge >= 0.3 is 0 Å². The van der Waals surface area contributed by atoms with Crippen molar-refractivity contribution in [3.63, 3.8) is 0 Å². The smallest absolute Gasteiger partial charge is 0.252 e. The van der Waals surface area contributed by atoms with Crippen LogP contribution in [0.4, 0.5) is 0 Å². The van der Waals surface area contributed by atoms with Crippen molar-refractivity contribution >= 4 is 16.8 Å². The number of hydrogen-bond donors (Lipinski definition) is 1. The highest BCUT2D eigenvalue weighted by molar-refractivity contribution is 6.07. The van der Waals surface area contributed by atoms with Gasteiger partial charge in [-0.25, -0.2) is 4.98 Å². The first-order valence-corrected chi connectivity index (χ1v) is 8.83. The Kier molecular flexibility index (Phi) is 4.89. The number of fused-ring (bicyclic) bond motifs is 2. The number of carbonyl (C=O) groups excluding carboxylic acids is 1. The maximum absolute atomic E-state index is 12.7. The highest BCUT2D eigenvalue weighted by Crippen LogP contribution is 2.35. The summed E-state index contributed by atoms with van der Waals surface area (Å²) < 4.78 is 16.3. The second-order valence-corrected chi connectivity index (χ2v) is 6.18. The molecule has 2 heterocycles. The summed E-state index contributed by atoms with van der Waals surface area (Å²) >= 11 is 0. The van der Waals surface area contributed by atoms with Crippen LogP contribution in [-0.4, -0.2) is 44.4 Å². The van der Waals surface area contributed by atoms with E-state index >= 15 is 0 Å². The molecule has 3 aromatic rings. The van der Waals surface area contributed by atoms with E-state index in [1.165, 1.54) is 0 Å². The zero-order valence-corrected chi connectivity index (χ0v) is 15.0. The van der Waals surface area contributed by atoms with Crippen molar-refractivity contribution in [1.29, 1.82) is 0 Å². The second kappa shape index (κ2) is 7.63. The minimum absolute atomic E-state index is 0.149. The summed E-state index contributed by atoms with van der Waals surface area (Å²) in [5.74, 6) is 1.27. The number of methoxy groups -OCH3 is 1. The topological polar surface area (TPSA) is 69.7 Å². The van der Waals surface area contributed by atoms with Crippen molar-refractivity contribution < 1.29 is 19.0 Å². The summed E-state index contributed by atoms with van der Waals surface area (Å²) in [5.41, 5.74) is 2.93. The van der Waals surface area contributed by atoms with E-state index in [1.54, 1.807) is 7.11 Å². The maximum Gasteiger partial charge on any atom is 0.252 e. The van der Waals surface area contributed by atoms with Crippen LogP contribution in [0.1, 0.15) is 10.4 Å². The van der Waals surface area contributed by atoms with Crippen molar-refractivity contribution in [2.24, 2.45) is 0 Å². The van der Waals surface area contributed by atoms with Gasteiger partial charge in [0, 0.05) is 24.6 Å². The first kappa shape index (κ1) is 17.3. The van der Waals surface area contributed by atoms with Gasteiger partial charge in [0.25, 0.3) is 5.91 Å². The van der Waals surface area contributed by atoms with Gasteiger partial charge in [-0.1, -0.05) is 18.2 Å². The van der Waals surface area contributed by atoms with Gasteiger partial charge in [0.2, 0.25) is 0 Å². The fraction of sp³-hybridized carbons (Fsp3) is 0.238. The number of benzene rings is 2. The minimum atomic E-state index is -0.149. The SMILES string of the molecule is COCCNC(=O)c1cc(-c2ccc3c(c2)OCCO3)nc2ccccc12. The highest BCUT2D eigenvalue weighted by Gasteiger charge is 2.16. The predicted molar refractivity (Wildman–Crippen MR) is 102 cm³/mol. The molecule has 1 amide bonds. The Labute approximate surface area is 157 Å². The Balaban J connectivity index is 1.76. The lowest BCUT2D eigenvalue weighted by Crippen LogP contribution is -2.27. The third kappa shape index (κ3) is 3.57. The molecule has 0 fully saturated rings. The molecule has 1 aliphatic heterocycles. The van der Waals surface area contributed by atoms with Crippen molar-refractivity contribution in [2.75, 3.05) is 33.5 Å². The molecule has 138 valence electrons. The summed E-state index contributed by atoms with van der Waals surface area (Å²) in [4.78, 5) is 17.4. The van der Waals surface area contributed by atoms with Crippen molar-refractivity contribution in [1.82, 2.24) is 10.3 Å². The number of hydrogen-bond acceptors (Lipinski definition) is 5. The Hall–Kier alpha value is -3.12.